The maximum atomic E-state index is 14.0. The molecule has 1 fully saturated rings. The van der Waals surface area contributed by atoms with Crippen molar-refractivity contribution < 1.29 is 18.6 Å². The van der Waals surface area contributed by atoms with E-state index in [-0.39, 0.29) is 6.61 Å². The zero-order chi connectivity index (χ0) is 23.2. The molecule has 8 heteroatoms. The van der Waals surface area contributed by atoms with Gasteiger partial charge in [0.15, 0.2) is 11.5 Å². The first kappa shape index (κ1) is 23.5. The van der Waals surface area contributed by atoms with Crippen LogP contribution < -0.4 is 19.7 Å². The van der Waals surface area contributed by atoms with E-state index < -0.39 is 5.82 Å². The Bertz CT molecular complexity index is 1090. The molecule has 0 saturated carbocycles. The standard InChI is InChI=1S/C25H25Cl2FN2O3/c1-31-25-13-17(5-8-24(25)33-16-19-20(26)3-2-4-22(19)28)15-29-18-6-7-23(21(27)14-18)30-9-11-32-12-10-30/h2-8,13-14,29H,9-12,15-16H2,1H3. The van der Waals surface area contributed by atoms with Crippen LogP contribution in [-0.2, 0) is 17.9 Å². The molecule has 33 heavy (non-hydrogen) atoms. The average molecular weight is 491 g/mol. The zero-order valence-corrected chi connectivity index (χ0v) is 19.8. The second-order valence-electron chi connectivity index (χ2n) is 7.59. The summed E-state index contributed by atoms with van der Waals surface area (Å²) in [5, 5.41) is 4.42. The number of ether oxygens (including phenoxy) is 3. The molecule has 1 aliphatic heterocycles. The molecule has 3 aromatic carbocycles. The Kier molecular flexibility index (Phi) is 7.81. The SMILES string of the molecule is COc1cc(CNc2ccc(N3CCOCC3)c(Cl)c2)ccc1OCc1c(F)cccc1Cl. The molecule has 1 aliphatic rings. The van der Waals surface area contributed by atoms with Gasteiger partial charge in [-0.05, 0) is 48.0 Å². The van der Waals surface area contributed by atoms with Gasteiger partial charge in [0.05, 0.1) is 36.1 Å². The highest BCUT2D eigenvalue weighted by Crippen LogP contribution is 2.32. The average Bonchev–Trinajstić information content (AvgIpc) is 2.83. The van der Waals surface area contributed by atoms with Gasteiger partial charge in [-0.25, -0.2) is 4.39 Å². The number of hydrogen-bond donors (Lipinski definition) is 1. The Morgan fingerprint density at radius 1 is 1.00 bits per heavy atom. The van der Waals surface area contributed by atoms with E-state index in [1.54, 1.807) is 25.3 Å². The van der Waals surface area contributed by atoms with Crippen LogP contribution >= 0.6 is 23.2 Å². The number of nitrogens with one attached hydrogen (secondary N) is 1. The zero-order valence-electron chi connectivity index (χ0n) is 18.2. The third-order valence-electron chi connectivity index (χ3n) is 5.46. The molecule has 174 valence electrons. The molecule has 0 spiro atoms. The van der Waals surface area contributed by atoms with Crippen molar-refractivity contribution in [2.75, 3.05) is 43.6 Å². The van der Waals surface area contributed by atoms with E-state index in [0.717, 1.165) is 30.0 Å². The summed E-state index contributed by atoms with van der Waals surface area (Å²) >= 11 is 12.6. The van der Waals surface area contributed by atoms with Gasteiger partial charge in [0.2, 0.25) is 0 Å². The van der Waals surface area contributed by atoms with Crippen molar-refractivity contribution in [1.29, 1.82) is 0 Å². The van der Waals surface area contributed by atoms with Crippen LogP contribution in [0.3, 0.4) is 0 Å². The Labute approximate surface area is 203 Å². The van der Waals surface area contributed by atoms with Crippen molar-refractivity contribution in [2.45, 2.75) is 13.2 Å². The lowest BCUT2D eigenvalue weighted by atomic mass is 10.2. The third-order valence-corrected chi connectivity index (χ3v) is 6.11. The van der Waals surface area contributed by atoms with Crippen LogP contribution in [-0.4, -0.2) is 33.4 Å². The number of methoxy groups -OCH3 is 1. The highest BCUT2D eigenvalue weighted by molar-refractivity contribution is 6.33. The van der Waals surface area contributed by atoms with Gasteiger partial charge in [0, 0.05) is 30.9 Å². The van der Waals surface area contributed by atoms with Crippen molar-refractivity contribution in [3.8, 4) is 11.5 Å². The van der Waals surface area contributed by atoms with Gasteiger partial charge in [0.25, 0.3) is 0 Å². The molecular weight excluding hydrogens is 466 g/mol. The number of hydrogen-bond acceptors (Lipinski definition) is 5. The Balaban J connectivity index is 1.39. The van der Waals surface area contributed by atoms with E-state index in [4.69, 9.17) is 37.4 Å². The Hall–Kier alpha value is -2.67. The van der Waals surface area contributed by atoms with Crippen LogP contribution in [0.1, 0.15) is 11.1 Å². The van der Waals surface area contributed by atoms with E-state index in [2.05, 4.69) is 10.2 Å². The summed E-state index contributed by atoms with van der Waals surface area (Å²) in [6.45, 7) is 3.68. The molecule has 4 rings (SSSR count). The van der Waals surface area contributed by atoms with Gasteiger partial charge in [-0.1, -0.05) is 35.3 Å². The molecule has 0 amide bonds. The summed E-state index contributed by atoms with van der Waals surface area (Å²) in [6.07, 6.45) is 0. The monoisotopic (exact) mass is 490 g/mol. The quantitative estimate of drug-likeness (QED) is 0.408. The molecule has 0 atom stereocenters. The molecule has 1 heterocycles. The van der Waals surface area contributed by atoms with Crippen molar-refractivity contribution >= 4 is 34.6 Å². The van der Waals surface area contributed by atoms with Crippen LogP contribution in [0.15, 0.2) is 54.6 Å². The number of nitrogens with zero attached hydrogens (tertiary/aromatic N) is 1. The fourth-order valence-corrected chi connectivity index (χ4v) is 4.16. The largest absolute Gasteiger partial charge is 0.493 e. The number of halogens is 3. The third kappa shape index (κ3) is 5.82. The van der Waals surface area contributed by atoms with E-state index in [1.165, 1.54) is 6.07 Å². The summed E-state index contributed by atoms with van der Waals surface area (Å²) in [5.74, 6) is 0.668. The number of anilines is 2. The van der Waals surface area contributed by atoms with Crippen molar-refractivity contribution in [2.24, 2.45) is 0 Å². The van der Waals surface area contributed by atoms with E-state index in [9.17, 15) is 4.39 Å². The van der Waals surface area contributed by atoms with Crippen LogP contribution in [0.2, 0.25) is 10.0 Å². The smallest absolute Gasteiger partial charge is 0.161 e. The first-order valence-electron chi connectivity index (χ1n) is 10.6. The van der Waals surface area contributed by atoms with Crippen LogP contribution in [0.5, 0.6) is 11.5 Å². The lowest BCUT2D eigenvalue weighted by Crippen LogP contribution is -2.36. The second-order valence-corrected chi connectivity index (χ2v) is 8.41. The molecule has 1 N–H and O–H groups in total. The van der Waals surface area contributed by atoms with E-state index in [0.29, 0.717) is 46.9 Å². The summed E-state index contributed by atoms with van der Waals surface area (Å²) in [7, 11) is 1.57. The van der Waals surface area contributed by atoms with Crippen LogP contribution in [0.25, 0.3) is 0 Å². The highest BCUT2D eigenvalue weighted by Gasteiger charge is 2.15. The summed E-state index contributed by atoms with van der Waals surface area (Å²) in [5.41, 5.74) is 3.25. The Morgan fingerprint density at radius 3 is 2.55 bits per heavy atom. The Morgan fingerprint density at radius 2 is 1.82 bits per heavy atom. The van der Waals surface area contributed by atoms with Gasteiger partial charge in [0.1, 0.15) is 12.4 Å². The van der Waals surface area contributed by atoms with Gasteiger partial charge >= 0.3 is 0 Å². The normalized spacial score (nSPS) is 13.6. The van der Waals surface area contributed by atoms with Gasteiger partial charge in [-0.2, -0.15) is 0 Å². The molecular formula is C25H25Cl2FN2O3. The number of rotatable bonds is 8. The predicted octanol–water partition coefficient (Wildman–Crippen LogP) is 6.17. The van der Waals surface area contributed by atoms with Crippen LogP contribution in [0.4, 0.5) is 15.8 Å². The minimum atomic E-state index is -0.402. The summed E-state index contributed by atoms with van der Waals surface area (Å²) in [6, 6.07) is 16.1. The maximum Gasteiger partial charge on any atom is 0.161 e. The van der Waals surface area contributed by atoms with Crippen molar-refractivity contribution in [1.82, 2.24) is 0 Å². The van der Waals surface area contributed by atoms with Crippen molar-refractivity contribution in [3.05, 3.63) is 81.6 Å². The number of morpholine rings is 1. The van der Waals surface area contributed by atoms with Gasteiger partial charge in [-0.15, -0.1) is 0 Å². The molecule has 0 bridgehead atoms. The van der Waals surface area contributed by atoms with Crippen LogP contribution in [0, 0.1) is 5.82 Å². The lowest BCUT2D eigenvalue weighted by Gasteiger charge is -2.29. The molecule has 0 unspecified atom stereocenters. The van der Waals surface area contributed by atoms with Crippen molar-refractivity contribution in [3.63, 3.8) is 0 Å². The molecule has 3 aromatic rings. The van der Waals surface area contributed by atoms with E-state index in [1.807, 2.05) is 30.3 Å². The first-order valence-corrected chi connectivity index (χ1v) is 11.4. The topological polar surface area (TPSA) is 43.0 Å². The van der Waals surface area contributed by atoms with E-state index >= 15 is 0 Å². The molecule has 0 aromatic heterocycles. The summed E-state index contributed by atoms with van der Waals surface area (Å²) < 4.78 is 30.7. The predicted molar refractivity (Wildman–Crippen MR) is 131 cm³/mol. The lowest BCUT2D eigenvalue weighted by molar-refractivity contribution is 0.122. The minimum Gasteiger partial charge on any atom is -0.493 e. The van der Waals surface area contributed by atoms with Gasteiger partial charge < -0.3 is 24.4 Å². The molecule has 5 nitrogen and oxygen atoms in total. The molecule has 0 aliphatic carbocycles. The fraction of sp³-hybridized carbons (Fsp3) is 0.280. The molecule has 1 saturated heterocycles. The maximum absolute atomic E-state index is 14.0. The summed E-state index contributed by atoms with van der Waals surface area (Å²) in [4.78, 5) is 2.23. The van der Waals surface area contributed by atoms with Gasteiger partial charge in [-0.3, -0.25) is 0 Å². The minimum absolute atomic E-state index is 0.00739. The number of benzene rings is 3. The highest BCUT2D eigenvalue weighted by atomic mass is 35.5. The second kappa shape index (κ2) is 11.0. The molecule has 0 radical (unpaired) electrons. The fourth-order valence-electron chi connectivity index (χ4n) is 3.64. The first-order chi connectivity index (χ1) is 16.0.